The molecule has 108 valence electrons. The highest BCUT2D eigenvalue weighted by Crippen LogP contribution is 2.40. The van der Waals surface area contributed by atoms with Gasteiger partial charge in [0.25, 0.3) is 0 Å². The van der Waals surface area contributed by atoms with Crippen LogP contribution in [0.25, 0.3) is 43.1 Å². The number of nitriles is 2. The van der Waals surface area contributed by atoms with Gasteiger partial charge < -0.3 is 0 Å². The molecule has 5 rings (SSSR count). The van der Waals surface area contributed by atoms with E-state index in [9.17, 15) is 10.5 Å². The molecule has 2 heteroatoms. The van der Waals surface area contributed by atoms with E-state index in [1.807, 2.05) is 48.5 Å². The summed E-state index contributed by atoms with van der Waals surface area (Å²) in [5.41, 5.74) is 1.34. The van der Waals surface area contributed by atoms with E-state index in [4.69, 9.17) is 0 Å². The van der Waals surface area contributed by atoms with Crippen molar-refractivity contribution in [2.24, 2.45) is 0 Å². The molecule has 0 aromatic heterocycles. The van der Waals surface area contributed by atoms with Gasteiger partial charge in [0, 0.05) is 0 Å². The average molecular weight is 302 g/mol. The van der Waals surface area contributed by atoms with Gasteiger partial charge in [0.05, 0.1) is 23.3 Å². The minimum Gasteiger partial charge on any atom is -0.192 e. The standard InChI is InChI=1S/C22H10N2/c23-11-13-7-15-3-1-5-17-19-9-14(12-24)8-16-4-2-6-18(22(16)19)20(10-13)21(15)17/h1-10H. The summed E-state index contributed by atoms with van der Waals surface area (Å²) >= 11 is 0. The van der Waals surface area contributed by atoms with Gasteiger partial charge >= 0.3 is 0 Å². The van der Waals surface area contributed by atoms with E-state index >= 15 is 0 Å². The summed E-state index contributed by atoms with van der Waals surface area (Å²) in [6, 6.07) is 24.7. The predicted molar refractivity (Wildman–Crippen MR) is 97.1 cm³/mol. The minimum atomic E-state index is 0.670. The van der Waals surface area contributed by atoms with Crippen molar-refractivity contribution in [1.82, 2.24) is 0 Å². The van der Waals surface area contributed by atoms with Gasteiger partial charge in [-0.25, -0.2) is 0 Å². The first-order valence-electron chi connectivity index (χ1n) is 7.74. The van der Waals surface area contributed by atoms with E-state index in [1.54, 1.807) is 0 Å². The normalized spacial score (nSPS) is 11.2. The smallest absolute Gasteiger partial charge is 0.0992 e. The topological polar surface area (TPSA) is 47.6 Å². The van der Waals surface area contributed by atoms with Crippen LogP contribution in [0.4, 0.5) is 0 Å². The van der Waals surface area contributed by atoms with Gasteiger partial charge in [0.15, 0.2) is 0 Å². The average Bonchev–Trinajstić information content (AvgIpc) is 2.64. The van der Waals surface area contributed by atoms with Crippen LogP contribution in [0.5, 0.6) is 0 Å². The fraction of sp³-hybridized carbons (Fsp3) is 0. The highest BCUT2D eigenvalue weighted by atomic mass is 14.3. The Bertz CT molecular complexity index is 1260. The molecule has 0 N–H and O–H groups in total. The van der Waals surface area contributed by atoms with E-state index < -0.39 is 0 Å². The van der Waals surface area contributed by atoms with Gasteiger partial charge in [0.1, 0.15) is 0 Å². The van der Waals surface area contributed by atoms with E-state index in [2.05, 4.69) is 24.3 Å². The van der Waals surface area contributed by atoms with Crippen molar-refractivity contribution in [3.8, 4) is 12.1 Å². The highest BCUT2D eigenvalue weighted by Gasteiger charge is 2.14. The van der Waals surface area contributed by atoms with Crippen LogP contribution in [0, 0.1) is 22.7 Å². The monoisotopic (exact) mass is 302 g/mol. The fourth-order valence-electron chi connectivity index (χ4n) is 3.86. The molecule has 5 aromatic carbocycles. The van der Waals surface area contributed by atoms with Crippen LogP contribution in [-0.2, 0) is 0 Å². The third-order valence-corrected chi connectivity index (χ3v) is 4.79. The van der Waals surface area contributed by atoms with Crippen LogP contribution in [0.1, 0.15) is 11.1 Å². The fourth-order valence-corrected chi connectivity index (χ4v) is 3.86. The molecule has 0 spiro atoms. The lowest BCUT2D eigenvalue weighted by molar-refractivity contribution is 1.50. The molecule has 0 aliphatic rings. The quantitative estimate of drug-likeness (QED) is 0.281. The van der Waals surface area contributed by atoms with E-state index in [1.165, 1.54) is 0 Å². The van der Waals surface area contributed by atoms with Gasteiger partial charge in [-0.15, -0.1) is 0 Å². The molecule has 0 aliphatic carbocycles. The molecule has 5 aromatic rings. The van der Waals surface area contributed by atoms with Crippen molar-refractivity contribution in [3.63, 3.8) is 0 Å². The largest absolute Gasteiger partial charge is 0.192 e. The van der Waals surface area contributed by atoms with Crippen molar-refractivity contribution in [2.45, 2.75) is 0 Å². The Hall–Kier alpha value is -3.62. The number of hydrogen-bond donors (Lipinski definition) is 0. The molecule has 0 bridgehead atoms. The summed E-state index contributed by atoms with van der Waals surface area (Å²) < 4.78 is 0. The Labute approximate surface area is 138 Å². The minimum absolute atomic E-state index is 0.670. The first-order chi connectivity index (χ1) is 11.8. The second-order valence-corrected chi connectivity index (χ2v) is 6.08. The predicted octanol–water partition coefficient (Wildman–Crippen LogP) is 5.48. The molecule has 0 fully saturated rings. The number of fused-ring (bicyclic) bond motifs is 2. The maximum atomic E-state index is 9.38. The number of nitrogens with zero attached hydrogens (tertiary/aromatic N) is 2. The van der Waals surface area contributed by atoms with Crippen LogP contribution in [-0.4, -0.2) is 0 Å². The summed E-state index contributed by atoms with van der Waals surface area (Å²) in [7, 11) is 0. The number of rotatable bonds is 0. The zero-order chi connectivity index (χ0) is 16.3. The lowest BCUT2D eigenvalue weighted by atomic mass is 9.88. The maximum Gasteiger partial charge on any atom is 0.0992 e. The first kappa shape index (κ1) is 12.9. The molecule has 0 aliphatic heterocycles. The van der Waals surface area contributed by atoms with E-state index in [-0.39, 0.29) is 0 Å². The Morgan fingerprint density at radius 2 is 1.00 bits per heavy atom. The molecule has 2 nitrogen and oxygen atoms in total. The summed E-state index contributed by atoms with van der Waals surface area (Å²) in [6.07, 6.45) is 0. The Balaban J connectivity index is 2.22. The Morgan fingerprint density at radius 3 is 1.42 bits per heavy atom. The van der Waals surface area contributed by atoms with Gasteiger partial charge in [-0.05, 0) is 67.4 Å². The summed E-state index contributed by atoms with van der Waals surface area (Å²) in [4.78, 5) is 0. The van der Waals surface area contributed by atoms with Crippen molar-refractivity contribution in [2.75, 3.05) is 0 Å². The molecular formula is C22H10N2. The second kappa shape index (κ2) is 4.44. The molecule has 0 saturated heterocycles. The second-order valence-electron chi connectivity index (χ2n) is 6.08. The van der Waals surface area contributed by atoms with Crippen LogP contribution >= 0.6 is 0 Å². The third kappa shape index (κ3) is 1.52. The SMILES string of the molecule is N#Cc1cc2cccc3c4cc(C#N)cc5cccc(c(c1)c23)c54. The molecule has 0 unspecified atom stereocenters. The maximum absolute atomic E-state index is 9.38. The molecule has 0 saturated carbocycles. The van der Waals surface area contributed by atoms with E-state index in [0.717, 1.165) is 43.1 Å². The van der Waals surface area contributed by atoms with Gasteiger partial charge in [-0.1, -0.05) is 36.4 Å². The zero-order valence-electron chi connectivity index (χ0n) is 12.7. The van der Waals surface area contributed by atoms with Gasteiger partial charge in [-0.3, -0.25) is 0 Å². The number of benzene rings is 5. The van der Waals surface area contributed by atoms with Crippen molar-refractivity contribution >= 4 is 43.1 Å². The zero-order valence-corrected chi connectivity index (χ0v) is 12.7. The van der Waals surface area contributed by atoms with Crippen LogP contribution < -0.4 is 0 Å². The highest BCUT2D eigenvalue weighted by molar-refractivity contribution is 6.33. The lowest BCUT2D eigenvalue weighted by Crippen LogP contribution is -1.89. The molecular weight excluding hydrogens is 292 g/mol. The summed E-state index contributed by atoms with van der Waals surface area (Å²) in [5, 5.41) is 27.7. The first-order valence-corrected chi connectivity index (χ1v) is 7.74. The molecule has 0 atom stereocenters. The molecule has 0 radical (unpaired) electrons. The van der Waals surface area contributed by atoms with Crippen LogP contribution in [0.15, 0.2) is 60.7 Å². The lowest BCUT2D eigenvalue weighted by Gasteiger charge is -2.14. The number of hydrogen-bond acceptors (Lipinski definition) is 2. The third-order valence-electron chi connectivity index (χ3n) is 4.79. The summed E-state index contributed by atoms with van der Waals surface area (Å²) in [5.74, 6) is 0. The van der Waals surface area contributed by atoms with Gasteiger partial charge in [-0.2, -0.15) is 10.5 Å². The Kier molecular flexibility index (Phi) is 2.38. The Morgan fingerprint density at radius 1 is 0.542 bits per heavy atom. The van der Waals surface area contributed by atoms with E-state index in [0.29, 0.717) is 11.1 Å². The molecule has 0 amide bonds. The van der Waals surface area contributed by atoms with Crippen molar-refractivity contribution < 1.29 is 0 Å². The van der Waals surface area contributed by atoms with Crippen molar-refractivity contribution in [3.05, 3.63) is 71.8 Å². The summed E-state index contributed by atoms with van der Waals surface area (Å²) in [6.45, 7) is 0. The molecule has 24 heavy (non-hydrogen) atoms. The van der Waals surface area contributed by atoms with Crippen molar-refractivity contribution in [1.29, 1.82) is 10.5 Å². The van der Waals surface area contributed by atoms with Crippen LogP contribution in [0.3, 0.4) is 0 Å². The molecule has 0 heterocycles. The van der Waals surface area contributed by atoms with Crippen LogP contribution in [0.2, 0.25) is 0 Å². The van der Waals surface area contributed by atoms with Gasteiger partial charge in [0.2, 0.25) is 0 Å².